The molecule has 0 radical (unpaired) electrons. The first-order valence-electron chi connectivity index (χ1n) is 8.53. The average Bonchev–Trinajstić information content (AvgIpc) is 2.59. The third-order valence-electron chi connectivity index (χ3n) is 4.01. The van der Waals surface area contributed by atoms with Crippen LogP contribution in [0.1, 0.15) is 26.7 Å². The summed E-state index contributed by atoms with van der Waals surface area (Å²) in [5.41, 5.74) is 10.8. The van der Waals surface area contributed by atoms with Gasteiger partial charge in [0.05, 0.1) is 18.7 Å². The molecule has 0 bridgehead atoms. The van der Waals surface area contributed by atoms with Crippen LogP contribution in [-0.2, 0) is 14.3 Å². The fourth-order valence-corrected chi connectivity index (χ4v) is 2.58. The lowest BCUT2D eigenvalue weighted by Gasteiger charge is -2.38. The first-order valence-corrected chi connectivity index (χ1v) is 8.53. The number of nitrogens with zero attached hydrogens (tertiary/aromatic N) is 1. The summed E-state index contributed by atoms with van der Waals surface area (Å²) in [6.07, 6.45) is -2.84. The summed E-state index contributed by atoms with van der Waals surface area (Å²) in [4.78, 5) is 27.5. The van der Waals surface area contributed by atoms with Crippen LogP contribution in [0.25, 0.3) is 0 Å². The van der Waals surface area contributed by atoms with Crippen molar-refractivity contribution in [2.24, 2.45) is 22.4 Å². The second kappa shape index (κ2) is 10.1. The van der Waals surface area contributed by atoms with Crippen LogP contribution >= 0.6 is 0 Å². The van der Waals surface area contributed by atoms with Gasteiger partial charge in [0.25, 0.3) is 0 Å². The van der Waals surface area contributed by atoms with Crippen molar-refractivity contribution < 1.29 is 34.8 Å². The molecule has 11 heteroatoms. The minimum atomic E-state index is -1.70. The lowest BCUT2D eigenvalue weighted by atomic mass is 9.92. The molecular weight excluding hydrogens is 360 g/mol. The van der Waals surface area contributed by atoms with Crippen molar-refractivity contribution >= 4 is 17.8 Å². The van der Waals surface area contributed by atoms with Crippen LogP contribution in [0.2, 0.25) is 0 Å². The molecule has 0 saturated heterocycles. The lowest BCUT2D eigenvalue weighted by molar-refractivity contribution is -0.146. The van der Waals surface area contributed by atoms with E-state index >= 15 is 0 Å². The SMILES string of the molecule is CC(C)CCC(=O)N[C@@H]1[C@@H](N=C(N)N)C=C(C(=O)O)O[C@H]1C(O)C(O)CO. The first-order chi connectivity index (χ1) is 12.6. The van der Waals surface area contributed by atoms with E-state index in [9.17, 15) is 24.9 Å². The maximum Gasteiger partial charge on any atom is 0.370 e. The van der Waals surface area contributed by atoms with Gasteiger partial charge in [-0.25, -0.2) is 9.79 Å². The number of carbonyl (C=O) groups is 2. The van der Waals surface area contributed by atoms with Crippen molar-refractivity contribution in [2.45, 2.75) is 57.1 Å². The zero-order valence-corrected chi connectivity index (χ0v) is 15.3. The van der Waals surface area contributed by atoms with Gasteiger partial charge < -0.3 is 41.9 Å². The Hall–Kier alpha value is -2.37. The number of carboxylic acid groups (broad SMARTS) is 1. The number of rotatable bonds is 9. The van der Waals surface area contributed by atoms with E-state index in [-0.39, 0.29) is 24.2 Å². The van der Waals surface area contributed by atoms with Gasteiger partial charge >= 0.3 is 5.97 Å². The molecule has 27 heavy (non-hydrogen) atoms. The summed E-state index contributed by atoms with van der Waals surface area (Å²) in [7, 11) is 0. The standard InChI is InChI=1S/C16H28N4O7/c1-7(2)3-4-11(23)20-12-8(19-16(17)18)5-10(15(25)26)27-14(12)13(24)9(22)6-21/h5,7-9,12-14,21-22,24H,3-4,6H2,1-2H3,(H,20,23)(H,25,26)(H4,17,18,19)/t8-,9?,12+,13?,14+/m0/s1. The molecule has 0 aromatic heterocycles. The van der Waals surface area contributed by atoms with E-state index in [0.717, 1.165) is 6.08 Å². The third kappa shape index (κ3) is 6.70. The molecule has 0 saturated carbocycles. The van der Waals surface area contributed by atoms with E-state index in [1.165, 1.54) is 0 Å². The van der Waals surface area contributed by atoms with Crippen LogP contribution in [0.5, 0.6) is 0 Å². The van der Waals surface area contributed by atoms with Crippen LogP contribution in [0.3, 0.4) is 0 Å². The van der Waals surface area contributed by atoms with Crippen LogP contribution in [0.15, 0.2) is 16.8 Å². The highest BCUT2D eigenvalue weighted by Crippen LogP contribution is 2.25. The normalized spacial score (nSPS) is 24.4. The van der Waals surface area contributed by atoms with E-state index in [4.69, 9.17) is 21.3 Å². The van der Waals surface area contributed by atoms with Crippen LogP contribution in [0.4, 0.5) is 0 Å². The first kappa shape index (κ1) is 22.7. The Morgan fingerprint density at radius 1 is 1.33 bits per heavy atom. The number of carbonyl (C=O) groups excluding carboxylic acids is 1. The Morgan fingerprint density at radius 3 is 2.44 bits per heavy atom. The second-order valence-corrected chi connectivity index (χ2v) is 6.73. The summed E-state index contributed by atoms with van der Waals surface area (Å²) < 4.78 is 5.26. The molecule has 11 nitrogen and oxygen atoms in total. The summed E-state index contributed by atoms with van der Waals surface area (Å²) in [5, 5.41) is 41.0. The van der Waals surface area contributed by atoms with Crippen molar-refractivity contribution in [3.8, 4) is 0 Å². The smallest absolute Gasteiger partial charge is 0.370 e. The van der Waals surface area contributed by atoms with Crippen molar-refractivity contribution in [3.63, 3.8) is 0 Å². The number of carboxylic acids is 1. The van der Waals surface area contributed by atoms with Crippen molar-refractivity contribution in [3.05, 3.63) is 11.8 Å². The molecule has 1 aliphatic rings. The third-order valence-corrected chi connectivity index (χ3v) is 4.01. The fraction of sp³-hybridized carbons (Fsp3) is 0.688. The minimum absolute atomic E-state index is 0.184. The highest BCUT2D eigenvalue weighted by Gasteiger charge is 2.43. The molecule has 0 aromatic carbocycles. The van der Waals surface area contributed by atoms with Gasteiger partial charge in [0.15, 0.2) is 5.96 Å². The van der Waals surface area contributed by atoms with Gasteiger partial charge in [-0.1, -0.05) is 13.8 Å². The Morgan fingerprint density at radius 2 is 1.96 bits per heavy atom. The van der Waals surface area contributed by atoms with E-state index in [2.05, 4.69) is 10.3 Å². The number of aliphatic carboxylic acids is 1. The molecule has 9 N–H and O–H groups in total. The zero-order valence-electron chi connectivity index (χ0n) is 15.3. The van der Waals surface area contributed by atoms with Gasteiger partial charge in [-0.2, -0.15) is 0 Å². The van der Waals surface area contributed by atoms with Crippen LogP contribution in [-0.4, -0.2) is 75.3 Å². The van der Waals surface area contributed by atoms with Crippen molar-refractivity contribution in [1.29, 1.82) is 0 Å². The van der Waals surface area contributed by atoms with Crippen molar-refractivity contribution in [2.75, 3.05) is 6.61 Å². The topological polar surface area (TPSA) is 201 Å². The van der Waals surface area contributed by atoms with Gasteiger partial charge in [0.1, 0.15) is 18.3 Å². The molecule has 0 fully saturated rings. The molecule has 1 heterocycles. The van der Waals surface area contributed by atoms with Gasteiger partial charge in [0.2, 0.25) is 11.7 Å². The second-order valence-electron chi connectivity index (χ2n) is 6.73. The number of nitrogens with two attached hydrogens (primary N) is 2. The summed E-state index contributed by atoms with van der Waals surface area (Å²) in [6, 6.07) is -2.12. The summed E-state index contributed by atoms with van der Waals surface area (Å²) in [6.45, 7) is 3.10. The van der Waals surface area contributed by atoms with Gasteiger partial charge in [-0.05, 0) is 18.4 Å². The summed E-state index contributed by atoms with van der Waals surface area (Å²) in [5.74, 6) is -2.45. The summed E-state index contributed by atoms with van der Waals surface area (Å²) >= 11 is 0. The zero-order chi connectivity index (χ0) is 20.7. The number of aliphatic hydroxyl groups excluding tert-OH is 3. The highest BCUT2D eigenvalue weighted by atomic mass is 16.5. The minimum Gasteiger partial charge on any atom is -0.478 e. The van der Waals surface area contributed by atoms with E-state index in [1.807, 2.05) is 13.8 Å². The Balaban J connectivity index is 3.21. The Bertz CT molecular complexity index is 589. The molecule has 5 atom stereocenters. The molecule has 0 aromatic rings. The fourth-order valence-electron chi connectivity index (χ4n) is 2.58. The number of hydrogen-bond donors (Lipinski definition) is 7. The molecule has 0 spiro atoms. The van der Waals surface area contributed by atoms with Crippen LogP contribution < -0.4 is 16.8 Å². The largest absolute Gasteiger partial charge is 0.478 e. The lowest BCUT2D eigenvalue weighted by Crippen LogP contribution is -2.60. The molecule has 154 valence electrons. The molecule has 1 aliphatic heterocycles. The van der Waals surface area contributed by atoms with E-state index in [0.29, 0.717) is 6.42 Å². The van der Waals surface area contributed by atoms with E-state index < -0.39 is 48.7 Å². The van der Waals surface area contributed by atoms with Gasteiger partial charge in [-0.15, -0.1) is 0 Å². The van der Waals surface area contributed by atoms with Crippen LogP contribution in [0, 0.1) is 5.92 Å². The van der Waals surface area contributed by atoms with E-state index in [1.54, 1.807) is 0 Å². The number of aliphatic hydroxyl groups is 3. The average molecular weight is 388 g/mol. The molecule has 0 aliphatic carbocycles. The predicted octanol–water partition coefficient (Wildman–Crippen LogP) is -2.37. The maximum absolute atomic E-state index is 12.3. The number of guanidine groups is 1. The number of aliphatic imine (C=N–C) groups is 1. The number of hydrogen-bond acceptors (Lipinski definition) is 7. The highest BCUT2D eigenvalue weighted by molar-refractivity contribution is 5.85. The quantitative estimate of drug-likeness (QED) is 0.166. The molecule has 1 rings (SSSR count). The predicted molar refractivity (Wildman–Crippen MR) is 95.3 cm³/mol. The Labute approximate surface area is 156 Å². The van der Waals surface area contributed by atoms with Crippen molar-refractivity contribution in [1.82, 2.24) is 5.32 Å². The number of amides is 1. The number of ether oxygens (including phenoxy) is 1. The number of nitrogens with one attached hydrogen (secondary N) is 1. The van der Waals surface area contributed by atoms with Gasteiger partial charge in [-0.3, -0.25) is 4.79 Å². The molecule has 1 amide bonds. The maximum atomic E-state index is 12.3. The van der Waals surface area contributed by atoms with Gasteiger partial charge in [0, 0.05) is 6.42 Å². The monoisotopic (exact) mass is 388 g/mol. The molecule has 2 unspecified atom stereocenters. The Kier molecular flexibility index (Phi) is 8.47. The molecular formula is C16H28N4O7.